The number of rotatable bonds is 8. The van der Waals surface area contributed by atoms with Crippen molar-refractivity contribution in [3.8, 4) is 0 Å². The lowest BCUT2D eigenvalue weighted by Gasteiger charge is -2.15. The summed E-state index contributed by atoms with van der Waals surface area (Å²) in [6, 6.07) is 0.156. The van der Waals surface area contributed by atoms with Crippen molar-refractivity contribution in [3.63, 3.8) is 0 Å². The quantitative estimate of drug-likeness (QED) is 0.670. The Morgan fingerprint density at radius 2 is 2.27 bits per heavy atom. The molecule has 0 aromatic heterocycles. The van der Waals surface area contributed by atoms with Gasteiger partial charge in [0.25, 0.3) is 0 Å². The van der Waals surface area contributed by atoms with E-state index in [1.807, 2.05) is 18.7 Å². The highest BCUT2D eigenvalue weighted by Crippen LogP contribution is 2.32. The fraction of sp³-hybridized carbons (Fsp3) is 0.909. The summed E-state index contributed by atoms with van der Waals surface area (Å²) in [4.78, 5) is 10.5. The van der Waals surface area contributed by atoms with Crippen LogP contribution in [0.5, 0.6) is 0 Å². The van der Waals surface area contributed by atoms with Gasteiger partial charge in [-0.05, 0) is 36.9 Å². The van der Waals surface area contributed by atoms with Gasteiger partial charge in [-0.25, -0.2) is 0 Å². The van der Waals surface area contributed by atoms with E-state index in [0.717, 1.165) is 18.1 Å². The Labute approximate surface area is 95.8 Å². The first-order valence-corrected chi connectivity index (χ1v) is 6.78. The Bertz CT molecular complexity index is 207. The molecule has 0 radical (unpaired) electrons. The third-order valence-corrected chi connectivity index (χ3v) is 3.98. The van der Waals surface area contributed by atoms with Crippen molar-refractivity contribution in [1.29, 1.82) is 0 Å². The molecule has 2 unspecified atom stereocenters. The summed E-state index contributed by atoms with van der Waals surface area (Å²) in [7, 11) is 0. The minimum Gasteiger partial charge on any atom is -0.481 e. The average Bonchev–Trinajstić information content (AvgIpc) is 2.85. The average molecular weight is 231 g/mol. The first kappa shape index (κ1) is 12.8. The molecule has 0 aromatic carbocycles. The molecule has 15 heavy (non-hydrogen) atoms. The van der Waals surface area contributed by atoms with Crippen molar-refractivity contribution < 1.29 is 9.90 Å². The third kappa shape index (κ3) is 6.79. The van der Waals surface area contributed by atoms with Crippen LogP contribution < -0.4 is 5.73 Å². The van der Waals surface area contributed by atoms with Crippen molar-refractivity contribution >= 4 is 17.7 Å². The number of aliphatic carboxylic acids is 1. The van der Waals surface area contributed by atoms with Gasteiger partial charge >= 0.3 is 5.97 Å². The molecule has 88 valence electrons. The predicted molar refractivity (Wildman–Crippen MR) is 64.1 cm³/mol. The van der Waals surface area contributed by atoms with Gasteiger partial charge in [0.1, 0.15) is 0 Å². The summed E-state index contributed by atoms with van der Waals surface area (Å²) in [6.07, 6.45) is 3.83. The first-order chi connectivity index (χ1) is 7.08. The van der Waals surface area contributed by atoms with Gasteiger partial charge in [-0.15, -0.1) is 0 Å². The van der Waals surface area contributed by atoms with Crippen molar-refractivity contribution in [2.75, 3.05) is 11.5 Å². The van der Waals surface area contributed by atoms with Crippen molar-refractivity contribution in [2.24, 2.45) is 17.6 Å². The lowest BCUT2D eigenvalue weighted by Crippen LogP contribution is -2.26. The smallest absolute Gasteiger partial charge is 0.303 e. The second-order valence-corrected chi connectivity index (χ2v) is 5.75. The molecule has 4 heteroatoms. The van der Waals surface area contributed by atoms with Gasteiger partial charge in [-0.2, -0.15) is 11.8 Å². The van der Waals surface area contributed by atoms with Gasteiger partial charge in [-0.1, -0.05) is 6.92 Å². The zero-order valence-electron chi connectivity index (χ0n) is 9.32. The van der Waals surface area contributed by atoms with Crippen LogP contribution >= 0.6 is 11.8 Å². The molecule has 1 aliphatic rings. The van der Waals surface area contributed by atoms with Gasteiger partial charge < -0.3 is 10.8 Å². The minimum atomic E-state index is -0.722. The summed E-state index contributed by atoms with van der Waals surface area (Å²) in [5.41, 5.74) is 5.94. The summed E-state index contributed by atoms with van der Waals surface area (Å²) in [5, 5.41) is 8.61. The topological polar surface area (TPSA) is 63.3 Å². The Kier molecular flexibility index (Phi) is 5.47. The third-order valence-electron chi connectivity index (χ3n) is 2.61. The Hall–Kier alpha value is -0.220. The molecule has 0 aromatic rings. The lowest BCUT2D eigenvalue weighted by atomic mass is 10.00. The largest absolute Gasteiger partial charge is 0.481 e. The Morgan fingerprint density at radius 1 is 1.60 bits per heavy atom. The van der Waals surface area contributed by atoms with E-state index in [-0.39, 0.29) is 18.4 Å². The maximum Gasteiger partial charge on any atom is 0.303 e. The maximum absolute atomic E-state index is 10.5. The molecule has 1 aliphatic carbocycles. The number of hydrogen-bond donors (Lipinski definition) is 2. The summed E-state index contributed by atoms with van der Waals surface area (Å²) < 4.78 is 0. The highest BCUT2D eigenvalue weighted by molar-refractivity contribution is 7.99. The van der Waals surface area contributed by atoms with E-state index in [9.17, 15) is 4.79 Å². The molecule has 0 aliphatic heterocycles. The van der Waals surface area contributed by atoms with E-state index in [2.05, 4.69) is 0 Å². The molecule has 1 saturated carbocycles. The highest BCUT2D eigenvalue weighted by atomic mass is 32.2. The van der Waals surface area contributed by atoms with Crippen LogP contribution in [0.2, 0.25) is 0 Å². The number of nitrogens with two attached hydrogens (primary N) is 1. The van der Waals surface area contributed by atoms with Crippen LogP contribution in [0.1, 0.15) is 32.6 Å². The van der Waals surface area contributed by atoms with Gasteiger partial charge in [0.05, 0.1) is 0 Å². The number of hydrogen-bond acceptors (Lipinski definition) is 3. The zero-order valence-corrected chi connectivity index (χ0v) is 10.1. The Morgan fingerprint density at radius 3 is 2.80 bits per heavy atom. The first-order valence-electron chi connectivity index (χ1n) is 5.63. The van der Waals surface area contributed by atoms with Crippen molar-refractivity contribution in [3.05, 3.63) is 0 Å². The lowest BCUT2D eigenvalue weighted by molar-refractivity contribution is -0.138. The van der Waals surface area contributed by atoms with Crippen LogP contribution in [0, 0.1) is 11.8 Å². The van der Waals surface area contributed by atoms with Crippen LogP contribution in [-0.2, 0) is 4.79 Å². The number of thioether (sulfide) groups is 1. The van der Waals surface area contributed by atoms with Crippen molar-refractivity contribution in [1.82, 2.24) is 0 Å². The molecule has 3 N–H and O–H groups in total. The number of carbonyl (C=O) groups is 1. The maximum atomic E-state index is 10.5. The molecule has 0 amide bonds. The second-order valence-electron chi connectivity index (χ2n) is 4.68. The van der Waals surface area contributed by atoms with E-state index in [1.165, 1.54) is 18.6 Å². The zero-order chi connectivity index (χ0) is 11.3. The standard InChI is InChI=1S/C11H21NO2S/c1-8(5-11(13)14)4-10(12)7-15-6-9-2-3-9/h8-10H,2-7,12H2,1H3,(H,13,14). The van der Waals surface area contributed by atoms with E-state index >= 15 is 0 Å². The normalized spacial score (nSPS) is 19.9. The van der Waals surface area contributed by atoms with Gasteiger partial charge in [-0.3, -0.25) is 4.79 Å². The summed E-state index contributed by atoms with van der Waals surface area (Å²) in [5.74, 6) is 2.62. The van der Waals surface area contributed by atoms with E-state index in [1.54, 1.807) is 0 Å². The molecule has 1 fully saturated rings. The molecule has 1 rings (SSSR count). The van der Waals surface area contributed by atoms with Gasteiger partial charge in [0, 0.05) is 18.2 Å². The number of carboxylic acids is 1. The molecule has 0 saturated heterocycles. The molecular weight excluding hydrogens is 210 g/mol. The second kappa shape index (κ2) is 6.38. The van der Waals surface area contributed by atoms with Crippen LogP contribution in [0.4, 0.5) is 0 Å². The number of carboxylic acid groups (broad SMARTS) is 1. The van der Waals surface area contributed by atoms with Crippen LogP contribution in [0.3, 0.4) is 0 Å². The Balaban J connectivity index is 1.99. The highest BCUT2D eigenvalue weighted by Gasteiger charge is 2.21. The van der Waals surface area contributed by atoms with E-state index in [0.29, 0.717) is 0 Å². The predicted octanol–water partition coefficient (Wildman–Crippen LogP) is 1.96. The SMILES string of the molecule is CC(CC(=O)O)CC(N)CSCC1CC1. The van der Waals surface area contributed by atoms with Gasteiger partial charge in [0.2, 0.25) is 0 Å². The molecule has 0 bridgehead atoms. The molecule has 0 heterocycles. The molecular formula is C11H21NO2S. The van der Waals surface area contributed by atoms with E-state index < -0.39 is 5.97 Å². The molecule has 0 spiro atoms. The monoisotopic (exact) mass is 231 g/mol. The van der Waals surface area contributed by atoms with E-state index in [4.69, 9.17) is 10.8 Å². The fourth-order valence-electron chi connectivity index (χ4n) is 1.64. The van der Waals surface area contributed by atoms with Crippen LogP contribution in [0.15, 0.2) is 0 Å². The van der Waals surface area contributed by atoms with Crippen LogP contribution in [0.25, 0.3) is 0 Å². The molecule has 3 nitrogen and oxygen atoms in total. The fourth-order valence-corrected chi connectivity index (χ4v) is 2.88. The summed E-state index contributed by atoms with van der Waals surface area (Å²) >= 11 is 1.92. The van der Waals surface area contributed by atoms with Gasteiger partial charge in [0.15, 0.2) is 0 Å². The van der Waals surface area contributed by atoms with Crippen LogP contribution in [-0.4, -0.2) is 28.6 Å². The van der Waals surface area contributed by atoms with Crippen molar-refractivity contribution in [2.45, 2.75) is 38.6 Å². The molecule has 2 atom stereocenters. The minimum absolute atomic E-state index is 0.156. The summed E-state index contributed by atoms with van der Waals surface area (Å²) in [6.45, 7) is 1.96.